The molecule has 2 aliphatic rings. The van der Waals surface area contributed by atoms with Crippen LogP contribution in [0.2, 0.25) is 0 Å². The highest BCUT2D eigenvalue weighted by Gasteiger charge is 2.34. The Balaban J connectivity index is 1.68. The van der Waals surface area contributed by atoms with Gasteiger partial charge in [-0.1, -0.05) is 0 Å². The minimum Gasteiger partial charge on any atom is -0.356 e. The number of likely N-dealkylation sites (tertiary alicyclic amines) is 2. The first-order chi connectivity index (χ1) is 10.9. The van der Waals surface area contributed by atoms with Crippen LogP contribution in [-0.4, -0.2) is 66.4 Å². The molecule has 23 heavy (non-hydrogen) atoms. The first-order valence-electron chi connectivity index (χ1n) is 7.65. The molecule has 9 heteroatoms. The third-order valence-corrected chi connectivity index (χ3v) is 5.76. The van der Waals surface area contributed by atoms with Gasteiger partial charge >= 0.3 is 0 Å². The highest BCUT2D eigenvalue weighted by atomic mass is 32.2. The lowest BCUT2D eigenvalue weighted by Crippen LogP contribution is -2.34. The number of aromatic amines is 1. The number of nitrogens with two attached hydrogens (primary N) is 1. The van der Waals surface area contributed by atoms with E-state index in [9.17, 15) is 18.0 Å². The average Bonchev–Trinajstić information content (AvgIpc) is 3.24. The molecular weight excluding hydrogens is 320 g/mol. The normalized spacial score (nSPS) is 21.9. The molecule has 1 atom stereocenters. The van der Waals surface area contributed by atoms with Crippen molar-refractivity contribution >= 4 is 21.8 Å². The number of amides is 2. The molecule has 0 spiro atoms. The minimum atomic E-state index is -3.63. The number of aromatic nitrogens is 1. The molecule has 0 aromatic carbocycles. The summed E-state index contributed by atoms with van der Waals surface area (Å²) in [6.45, 7) is 1.92. The minimum absolute atomic E-state index is 0.0955. The van der Waals surface area contributed by atoms with Crippen LogP contribution in [0.15, 0.2) is 12.3 Å². The molecule has 3 heterocycles. The zero-order valence-electron chi connectivity index (χ0n) is 12.7. The lowest BCUT2D eigenvalue weighted by atomic mass is 10.2. The van der Waals surface area contributed by atoms with Gasteiger partial charge in [0.25, 0.3) is 11.8 Å². The molecule has 2 saturated heterocycles. The molecule has 3 rings (SSSR count). The first-order valence-corrected chi connectivity index (χ1v) is 9.26. The standard InChI is InChI=1S/C14H20N4O4S/c15-23(21,22)11-3-6-18(9-11)13(19)10-7-12(16-8-10)14(20)17-4-1-2-5-17/h7-8,11,16H,1-6,9H2,(H2,15,21,22)/t11-/m0/s1. The van der Waals surface area contributed by atoms with Crippen LogP contribution in [0.1, 0.15) is 40.1 Å². The van der Waals surface area contributed by atoms with Gasteiger partial charge in [0.15, 0.2) is 0 Å². The van der Waals surface area contributed by atoms with Gasteiger partial charge in [0, 0.05) is 32.4 Å². The Bertz CT molecular complexity index is 721. The van der Waals surface area contributed by atoms with Crippen molar-refractivity contribution in [2.24, 2.45) is 5.14 Å². The zero-order chi connectivity index (χ0) is 16.6. The van der Waals surface area contributed by atoms with Crippen molar-refractivity contribution in [3.63, 3.8) is 0 Å². The number of nitrogens with one attached hydrogen (secondary N) is 1. The molecule has 2 aliphatic heterocycles. The zero-order valence-corrected chi connectivity index (χ0v) is 13.5. The molecule has 1 aromatic rings. The van der Waals surface area contributed by atoms with Crippen molar-refractivity contribution < 1.29 is 18.0 Å². The molecule has 3 N–H and O–H groups in total. The first kappa shape index (κ1) is 16.0. The fourth-order valence-electron chi connectivity index (χ4n) is 3.10. The number of hydrogen-bond acceptors (Lipinski definition) is 4. The third-order valence-electron chi connectivity index (χ3n) is 4.45. The molecule has 0 radical (unpaired) electrons. The van der Waals surface area contributed by atoms with Crippen molar-refractivity contribution in [2.45, 2.75) is 24.5 Å². The van der Waals surface area contributed by atoms with Crippen molar-refractivity contribution in [2.75, 3.05) is 26.2 Å². The summed E-state index contributed by atoms with van der Waals surface area (Å²) < 4.78 is 22.7. The fourth-order valence-corrected chi connectivity index (χ4v) is 3.92. The van der Waals surface area contributed by atoms with Crippen molar-refractivity contribution in [3.8, 4) is 0 Å². The van der Waals surface area contributed by atoms with Crippen LogP contribution in [0.5, 0.6) is 0 Å². The van der Waals surface area contributed by atoms with Crippen LogP contribution in [0.25, 0.3) is 0 Å². The molecule has 8 nitrogen and oxygen atoms in total. The Kier molecular flexibility index (Phi) is 4.15. The van der Waals surface area contributed by atoms with Gasteiger partial charge in [-0.15, -0.1) is 0 Å². The molecule has 1 aromatic heterocycles. The number of carbonyl (C=O) groups excluding carboxylic acids is 2. The van der Waals surface area contributed by atoms with Crippen molar-refractivity contribution in [3.05, 3.63) is 23.5 Å². The highest BCUT2D eigenvalue weighted by Crippen LogP contribution is 2.19. The smallest absolute Gasteiger partial charge is 0.270 e. The predicted molar refractivity (Wildman–Crippen MR) is 83.3 cm³/mol. The van der Waals surface area contributed by atoms with Crippen molar-refractivity contribution in [1.29, 1.82) is 0 Å². The van der Waals surface area contributed by atoms with Crippen molar-refractivity contribution in [1.82, 2.24) is 14.8 Å². The molecule has 0 unspecified atom stereocenters. The second kappa shape index (κ2) is 5.97. The molecule has 0 saturated carbocycles. The van der Waals surface area contributed by atoms with Gasteiger partial charge in [0.2, 0.25) is 10.0 Å². The maximum Gasteiger partial charge on any atom is 0.270 e. The number of rotatable bonds is 3. The van der Waals surface area contributed by atoms with Crippen LogP contribution < -0.4 is 5.14 Å². The van der Waals surface area contributed by atoms with Gasteiger partial charge in [-0.25, -0.2) is 13.6 Å². The lowest BCUT2D eigenvalue weighted by Gasteiger charge is -2.15. The van der Waals surface area contributed by atoms with Gasteiger partial charge in [-0.05, 0) is 25.3 Å². The Morgan fingerprint density at radius 3 is 2.43 bits per heavy atom. The van der Waals surface area contributed by atoms with Crippen LogP contribution in [0.3, 0.4) is 0 Å². The van der Waals surface area contributed by atoms with E-state index in [4.69, 9.17) is 5.14 Å². The van der Waals surface area contributed by atoms with E-state index in [2.05, 4.69) is 4.98 Å². The van der Waals surface area contributed by atoms with Gasteiger partial charge < -0.3 is 14.8 Å². The van der Waals surface area contributed by atoms with Gasteiger partial charge in [-0.3, -0.25) is 9.59 Å². The molecule has 0 aliphatic carbocycles. The summed E-state index contributed by atoms with van der Waals surface area (Å²) in [5, 5.41) is 4.42. The van der Waals surface area contributed by atoms with Crippen LogP contribution in [-0.2, 0) is 10.0 Å². The van der Waals surface area contributed by atoms with Crippen LogP contribution in [0.4, 0.5) is 0 Å². The summed E-state index contributed by atoms with van der Waals surface area (Å²) in [6.07, 6.45) is 3.84. The number of H-pyrrole nitrogens is 1. The predicted octanol–water partition coefficient (Wildman–Crippen LogP) is -0.246. The molecule has 2 fully saturated rings. The summed E-state index contributed by atoms with van der Waals surface area (Å²) >= 11 is 0. The summed E-state index contributed by atoms with van der Waals surface area (Å²) in [6, 6.07) is 1.53. The highest BCUT2D eigenvalue weighted by molar-refractivity contribution is 7.89. The lowest BCUT2D eigenvalue weighted by molar-refractivity contribution is 0.0786. The van der Waals surface area contributed by atoms with E-state index in [-0.39, 0.29) is 18.4 Å². The van der Waals surface area contributed by atoms with E-state index in [1.165, 1.54) is 17.2 Å². The maximum absolute atomic E-state index is 12.4. The number of primary sulfonamides is 1. The quantitative estimate of drug-likeness (QED) is 0.789. The number of hydrogen-bond donors (Lipinski definition) is 2. The SMILES string of the molecule is NS(=O)(=O)[C@H]1CCN(C(=O)c2c[nH]c(C(=O)N3CCCC3)c2)C1. The topological polar surface area (TPSA) is 117 Å². The van der Waals surface area contributed by atoms with E-state index < -0.39 is 15.3 Å². The second-order valence-electron chi connectivity index (χ2n) is 6.05. The molecule has 126 valence electrons. The summed E-state index contributed by atoms with van der Waals surface area (Å²) in [5.74, 6) is -0.391. The maximum atomic E-state index is 12.4. The largest absolute Gasteiger partial charge is 0.356 e. The Labute approximate surface area is 134 Å². The van der Waals surface area contributed by atoms with E-state index in [1.54, 1.807) is 4.90 Å². The summed E-state index contributed by atoms with van der Waals surface area (Å²) in [7, 11) is -3.63. The Morgan fingerprint density at radius 2 is 1.83 bits per heavy atom. The summed E-state index contributed by atoms with van der Waals surface area (Å²) in [4.78, 5) is 30.7. The van der Waals surface area contributed by atoms with Gasteiger partial charge in [0.1, 0.15) is 5.69 Å². The molecular formula is C14H20N4O4S. The fraction of sp³-hybridized carbons (Fsp3) is 0.571. The molecule has 0 bridgehead atoms. The average molecular weight is 340 g/mol. The van der Waals surface area contributed by atoms with Crippen LogP contribution >= 0.6 is 0 Å². The van der Waals surface area contributed by atoms with E-state index in [0.29, 0.717) is 24.2 Å². The van der Waals surface area contributed by atoms with E-state index in [1.807, 2.05) is 0 Å². The number of sulfonamides is 1. The summed E-state index contributed by atoms with van der Waals surface area (Å²) in [5.41, 5.74) is 0.750. The van der Waals surface area contributed by atoms with Gasteiger partial charge in [0.05, 0.1) is 10.8 Å². The number of nitrogens with zero attached hydrogens (tertiary/aromatic N) is 2. The van der Waals surface area contributed by atoms with Crippen LogP contribution in [0, 0.1) is 0 Å². The van der Waals surface area contributed by atoms with E-state index in [0.717, 1.165) is 25.9 Å². The third kappa shape index (κ3) is 3.25. The Morgan fingerprint density at radius 1 is 1.13 bits per heavy atom. The van der Waals surface area contributed by atoms with E-state index >= 15 is 0 Å². The number of carbonyl (C=O) groups is 2. The monoisotopic (exact) mass is 340 g/mol. The Hall–Kier alpha value is -1.87. The van der Waals surface area contributed by atoms with Gasteiger partial charge in [-0.2, -0.15) is 0 Å². The molecule has 2 amide bonds. The second-order valence-corrected chi connectivity index (χ2v) is 7.90.